The molecule has 0 spiro atoms. The number of ether oxygens (including phenoxy) is 3. The summed E-state index contributed by atoms with van der Waals surface area (Å²) in [5.41, 5.74) is 4.40. The molecule has 0 aliphatic carbocycles. The first-order valence-corrected chi connectivity index (χ1v) is 11.7. The smallest absolute Gasteiger partial charge is 0.377 e. The van der Waals surface area contributed by atoms with E-state index in [2.05, 4.69) is 48.2 Å². The monoisotopic (exact) mass is 424 g/mol. The molecule has 0 saturated heterocycles. The first-order chi connectivity index (χ1) is 11.9. The van der Waals surface area contributed by atoms with E-state index in [0.29, 0.717) is 10.2 Å². The zero-order chi connectivity index (χ0) is 18.9. The Morgan fingerprint density at radius 3 is 2.36 bits per heavy atom. The molecule has 1 aromatic rings. The Bertz CT molecular complexity index is 676. The number of esters is 1. The van der Waals surface area contributed by atoms with Gasteiger partial charge in [0.25, 0.3) is 0 Å². The van der Waals surface area contributed by atoms with Crippen LogP contribution in [0.25, 0.3) is 0 Å². The van der Waals surface area contributed by atoms with Gasteiger partial charge in [-0.15, -0.1) is 5.54 Å². The van der Waals surface area contributed by atoms with Gasteiger partial charge in [-0.3, -0.25) is 0 Å². The average Bonchev–Trinajstić information content (AvgIpc) is 2.64. The van der Waals surface area contributed by atoms with Crippen LogP contribution in [0.15, 0.2) is 34.7 Å². The molecule has 136 valence electrons. The third kappa shape index (κ3) is 5.94. The number of benzene rings is 1. The van der Waals surface area contributed by atoms with Crippen molar-refractivity contribution in [1.29, 1.82) is 0 Å². The third-order valence-electron chi connectivity index (χ3n) is 4.26. The van der Waals surface area contributed by atoms with E-state index in [4.69, 9.17) is 14.2 Å². The third-order valence-corrected chi connectivity index (χ3v) is 9.64. The molecule has 4 nitrogen and oxygen atoms in total. The second kappa shape index (κ2) is 10.3. The van der Waals surface area contributed by atoms with Gasteiger partial charge < -0.3 is 14.2 Å². The molecule has 6 heteroatoms. The molecule has 0 heterocycles. The van der Waals surface area contributed by atoms with Gasteiger partial charge in [0.05, 0.1) is 18.7 Å². The second-order valence-corrected chi connectivity index (χ2v) is 11.3. The van der Waals surface area contributed by atoms with Crippen molar-refractivity contribution in [2.45, 2.75) is 38.9 Å². The van der Waals surface area contributed by atoms with Crippen molar-refractivity contribution < 1.29 is 19.0 Å². The number of carbonyl (C=O) groups excluding carboxylic acids is 1. The van der Waals surface area contributed by atoms with Crippen LogP contribution >= 0.6 is 15.9 Å². The van der Waals surface area contributed by atoms with E-state index >= 15 is 0 Å². The molecule has 0 fully saturated rings. The Morgan fingerprint density at radius 1 is 1.20 bits per heavy atom. The summed E-state index contributed by atoms with van der Waals surface area (Å²) in [5.74, 6) is 3.14. The lowest BCUT2D eigenvalue weighted by Crippen LogP contribution is -2.29. The lowest BCUT2D eigenvalue weighted by atomic mass is 10.2. The highest BCUT2D eigenvalue weighted by atomic mass is 79.9. The van der Waals surface area contributed by atoms with Crippen LogP contribution in [0.2, 0.25) is 18.1 Å². The molecule has 0 radical (unpaired) electrons. The number of hydrogen-bond donors (Lipinski definition) is 0. The van der Waals surface area contributed by atoms with Crippen LogP contribution in [0.3, 0.4) is 0 Å². The van der Waals surface area contributed by atoms with Crippen LogP contribution < -0.4 is 4.74 Å². The van der Waals surface area contributed by atoms with Crippen molar-refractivity contribution in [1.82, 2.24) is 0 Å². The Kier molecular flexibility index (Phi) is 8.80. The molecular weight excluding hydrogens is 400 g/mol. The van der Waals surface area contributed by atoms with Gasteiger partial charge in [0.2, 0.25) is 5.76 Å². The van der Waals surface area contributed by atoms with E-state index < -0.39 is 14.0 Å². The summed E-state index contributed by atoms with van der Waals surface area (Å²) in [4.78, 5) is 11.7. The van der Waals surface area contributed by atoms with Gasteiger partial charge in [0.15, 0.2) is 0 Å². The molecule has 0 unspecified atom stereocenters. The molecule has 0 aliphatic rings. The normalized spacial score (nSPS) is 11.4. The van der Waals surface area contributed by atoms with Crippen molar-refractivity contribution >= 4 is 30.0 Å². The van der Waals surface area contributed by atoms with Crippen molar-refractivity contribution in [3.05, 3.63) is 40.3 Å². The minimum atomic E-state index is -1.52. The predicted molar refractivity (Wildman–Crippen MR) is 106 cm³/mol. The standard InChI is InChI=1S/C19H25BrO4Si/c1-6-25(7-2,8-3)12-11-15-9-10-16(20)17(13-15)24-18(14-22-4)19(21)23-5/h9-10,13-14H,6-8H2,1-5H3/b18-14-. The number of carbonyl (C=O) groups is 1. The van der Waals surface area contributed by atoms with E-state index in [0.717, 1.165) is 23.7 Å². The molecule has 0 bridgehead atoms. The van der Waals surface area contributed by atoms with Crippen molar-refractivity contribution in [2.24, 2.45) is 0 Å². The zero-order valence-electron chi connectivity index (χ0n) is 15.4. The lowest BCUT2D eigenvalue weighted by Gasteiger charge is -2.20. The van der Waals surface area contributed by atoms with Crippen LogP contribution in [0.4, 0.5) is 0 Å². The van der Waals surface area contributed by atoms with Gasteiger partial charge >= 0.3 is 5.97 Å². The molecular formula is C19H25BrO4Si. The largest absolute Gasteiger partial charge is 0.500 e. The van der Waals surface area contributed by atoms with Crippen LogP contribution in [-0.2, 0) is 14.3 Å². The van der Waals surface area contributed by atoms with E-state index in [1.54, 1.807) is 0 Å². The summed E-state index contributed by atoms with van der Waals surface area (Å²) in [6.07, 6.45) is 1.21. The average molecular weight is 425 g/mol. The summed E-state index contributed by atoms with van der Waals surface area (Å²) < 4.78 is 15.9. The van der Waals surface area contributed by atoms with Crippen molar-refractivity contribution in [3.8, 4) is 17.2 Å². The number of hydrogen-bond acceptors (Lipinski definition) is 4. The molecule has 1 aromatic carbocycles. The van der Waals surface area contributed by atoms with Gasteiger partial charge in [0, 0.05) is 5.56 Å². The van der Waals surface area contributed by atoms with Gasteiger partial charge in [-0.2, -0.15) is 0 Å². The Labute approximate surface area is 159 Å². The predicted octanol–water partition coefficient (Wildman–Crippen LogP) is 4.89. The van der Waals surface area contributed by atoms with E-state index in [9.17, 15) is 4.79 Å². The van der Waals surface area contributed by atoms with Crippen molar-refractivity contribution in [2.75, 3.05) is 14.2 Å². The topological polar surface area (TPSA) is 44.8 Å². The number of halogens is 1. The maximum atomic E-state index is 11.7. The zero-order valence-corrected chi connectivity index (χ0v) is 18.0. The SMILES string of the molecule is CC[Si](C#Cc1ccc(Br)c(O/C(=C\OC)C(=O)OC)c1)(CC)CC. The maximum absolute atomic E-state index is 11.7. The fraction of sp³-hybridized carbons (Fsp3) is 0.421. The van der Waals surface area contributed by atoms with Gasteiger partial charge in [0.1, 0.15) is 20.1 Å². The molecule has 0 saturated carbocycles. The summed E-state index contributed by atoms with van der Waals surface area (Å²) in [6, 6.07) is 9.04. The molecule has 25 heavy (non-hydrogen) atoms. The summed E-state index contributed by atoms with van der Waals surface area (Å²) in [7, 11) is 1.21. The maximum Gasteiger partial charge on any atom is 0.377 e. The highest BCUT2D eigenvalue weighted by molar-refractivity contribution is 9.10. The van der Waals surface area contributed by atoms with Gasteiger partial charge in [-0.25, -0.2) is 4.79 Å². The minimum absolute atomic E-state index is 0.0322. The Balaban J connectivity index is 3.16. The van der Waals surface area contributed by atoms with E-state index in [-0.39, 0.29) is 5.76 Å². The summed E-state index contributed by atoms with van der Waals surface area (Å²) >= 11 is 3.43. The molecule has 0 amide bonds. The van der Waals surface area contributed by atoms with Crippen LogP contribution in [-0.4, -0.2) is 28.3 Å². The van der Waals surface area contributed by atoms with Crippen LogP contribution in [0.5, 0.6) is 5.75 Å². The number of rotatable bonds is 7. The highest BCUT2D eigenvalue weighted by Gasteiger charge is 2.24. The summed E-state index contributed by atoms with van der Waals surface area (Å²) in [6.45, 7) is 6.67. The van der Waals surface area contributed by atoms with Crippen molar-refractivity contribution in [3.63, 3.8) is 0 Å². The van der Waals surface area contributed by atoms with Gasteiger partial charge in [-0.1, -0.05) is 26.7 Å². The first kappa shape index (κ1) is 21.3. The Hall–Kier alpha value is -1.71. The van der Waals surface area contributed by atoms with Crippen LogP contribution in [0.1, 0.15) is 26.3 Å². The van der Waals surface area contributed by atoms with E-state index in [1.165, 1.54) is 20.5 Å². The van der Waals surface area contributed by atoms with Crippen LogP contribution in [0, 0.1) is 11.5 Å². The highest BCUT2D eigenvalue weighted by Crippen LogP contribution is 2.28. The molecule has 1 rings (SSSR count). The molecule has 0 N–H and O–H groups in total. The number of methoxy groups -OCH3 is 2. The second-order valence-electron chi connectivity index (χ2n) is 5.55. The van der Waals surface area contributed by atoms with Gasteiger partial charge in [-0.05, 0) is 52.3 Å². The molecule has 0 atom stereocenters. The Morgan fingerprint density at radius 2 is 1.84 bits per heavy atom. The summed E-state index contributed by atoms with van der Waals surface area (Å²) in [5, 5.41) is 0. The fourth-order valence-electron chi connectivity index (χ4n) is 2.32. The fourth-order valence-corrected chi connectivity index (χ4v) is 5.09. The minimum Gasteiger partial charge on any atom is -0.500 e. The quantitative estimate of drug-likeness (QED) is 0.205. The lowest BCUT2D eigenvalue weighted by molar-refractivity contribution is -0.138. The molecule has 0 aromatic heterocycles. The molecule has 0 aliphatic heterocycles. The van der Waals surface area contributed by atoms with E-state index in [1.807, 2.05) is 18.2 Å². The first-order valence-electron chi connectivity index (χ1n) is 8.27.